The van der Waals surface area contributed by atoms with Crippen LogP contribution in [0.25, 0.3) is 11.1 Å². The van der Waals surface area contributed by atoms with E-state index in [1.807, 2.05) is 0 Å². The summed E-state index contributed by atoms with van der Waals surface area (Å²) in [7, 11) is -0.836. The first-order chi connectivity index (χ1) is 28.7. The van der Waals surface area contributed by atoms with Gasteiger partial charge in [0, 0.05) is 39.5 Å². The second-order valence-corrected chi connectivity index (χ2v) is 19.8. The van der Waals surface area contributed by atoms with Crippen molar-refractivity contribution in [3.63, 3.8) is 0 Å². The van der Waals surface area contributed by atoms with Gasteiger partial charge in [-0.25, -0.2) is 0 Å². The summed E-state index contributed by atoms with van der Waals surface area (Å²) in [5, 5.41) is 0. The number of anilines is 6. The van der Waals surface area contributed by atoms with Crippen molar-refractivity contribution in [2.75, 3.05) is 9.80 Å². The smallest absolute Gasteiger partial charge is 0.399 e. The Morgan fingerprint density at radius 1 is 0.344 bits per heavy atom. The van der Waals surface area contributed by atoms with Gasteiger partial charge in [-0.15, -0.1) is 0 Å². The topological polar surface area (TPSA) is 43.4 Å². The normalized spacial score (nSPS) is 18.8. The molecular formula is C53H58B2N2O4. The molecule has 310 valence electrons. The minimum Gasteiger partial charge on any atom is -0.399 e. The highest BCUT2D eigenvalue weighted by atomic mass is 16.7. The van der Waals surface area contributed by atoms with Gasteiger partial charge in [-0.05, 0) is 175 Å². The lowest BCUT2D eigenvalue weighted by atomic mass is 9.79. The van der Waals surface area contributed by atoms with Gasteiger partial charge in [0.25, 0.3) is 0 Å². The molecule has 9 rings (SSSR count). The quantitative estimate of drug-likeness (QED) is 0.143. The fourth-order valence-corrected chi connectivity index (χ4v) is 8.79. The maximum absolute atomic E-state index is 6.40. The molecular weight excluding hydrogens is 750 g/mol. The zero-order valence-corrected chi connectivity index (χ0v) is 37.9. The Morgan fingerprint density at radius 2 is 0.607 bits per heavy atom. The largest absolute Gasteiger partial charge is 0.494 e. The van der Waals surface area contributed by atoms with Crippen LogP contribution in [0.5, 0.6) is 0 Å². The van der Waals surface area contributed by atoms with Crippen LogP contribution in [0.2, 0.25) is 0 Å². The summed E-state index contributed by atoms with van der Waals surface area (Å²) in [5.41, 5.74) is 14.3. The van der Waals surface area contributed by atoms with E-state index in [-0.39, 0.29) is 5.41 Å². The van der Waals surface area contributed by atoms with E-state index in [0.29, 0.717) is 0 Å². The Balaban J connectivity index is 1.07. The summed E-state index contributed by atoms with van der Waals surface area (Å²) < 4.78 is 25.6. The van der Waals surface area contributed by atoms with Crippen LogP contribution in [0, 0.1) is 13.8 Å². The third-order valence-electron chi connectivity index (χ3n) is 14.1. The van der Waals surface area contributed by atoms with E-state index in [0.717, 1.165) is 45.0 Å². The van der Waals surface area contributed by atoms with Gasteiger partial charge in [0.1, 0.15) is 0 Å². The summed E-state index contributed by atoms with van der Waals surface area (Å²) >= 11 is 0. The fraction of sp³-hybridized carbons (Fsp3) is 0.321. The third-order valence-corrected chi connectivity index (χ3v) is 14.1. The van der Waals surface area contributed by atoms with E-state index in [1.54, 1.807) is 0 Å². The van der Waals surface area contributed by atoms with E-state index in [9.17, 15) is 0 Å². The molecule has 0 radical (unpaired) electrons. The maximum atomic E-state index is 6.40. The van der Waals surface area contributed by atoms with Crippen LogP contribution in [0.3, 0.4) is 0 Å². The SMILES string of the molecule is Cc1ccc(N(c2ccc(B3OC(C)(C)C(C)(C)O3)cc2)c2ccc3c(c2)C(C)(C)c2cc(N(c4ccc(C)cc4)c4ccc(B5OC(C)(C)C(C)(C)O5)cc4)ccc2-3)cc1. The molecule has 0 amide bonds. The molecule has 3 aliphatic rings. The number of nitrogens with zero attached hydrogens (tertiary/aromatic N) is 2. The summed E-state index contributed by atoms with van der Waals surface area (Å²) in [6, 6.07) is 48.8. The van der Waals surface area contributed by atoms with E-state index in [1.165, 1.54) is 33.4 Å². The van der Waals surface area contributed by atoms with Gasteiger partial charge >= 0.3 is 14.2 Å². The van der Waals surface area contributed by atoms with Gasteiger partial charge in [-0.3, -0.25) is 0 Å². The molecule has 0 saturated carbocycles. The van der Waals surface area contributed by atoms with Crippen LogP contribution in [-0.2, 0) is 24.0 Å². The first kappa shape index (κ1) is 41.3. The molecule has 2 saturated heterocycles. The lowest BCUT2D eigenvalue weighted by Gasteiger charge is -2.32. The summed E-state index contributed by atoms with van der Waals surface area (Å²) in [4.78, 5) is 4.70. The Bertz CT molecular complexity index is 2390. The van der Waals surface area contributed by atoms with Crippen LogP contribution >= 0.6 is 0 Å². The molecule has 0 aromatic heterocycles. The van der Waals surface area contributed by atoms with Gasteiger partial charge in [-0.2, -0.15) is 0 Å². The van der Waals surface area contributed by atoms with Crippen LogP contribution in [0.15, 0.2) is 133 Å². The van der Waals surface area contributed by atoms with Gasteiger partial charge in [0.15, 0.2) is 0 Å². The van der Waals surface area contributed by atoms with Crippen LogP contribution in [0.4, 0.5) is 34.1 Å². The molecule has 61 heavy (non-hydrogen) atoms. The molecule has 0 spiro atoms. The monoisotopic (exact) mass is 808 g/mol. The first-order valence-corrected chi connectivity index (χ1v) is 21.7. The van der Waals surface area contributed by atoms with Crippen LogP contribution in [-0.4, -0.2) is 36.6 Å². The number of hydrogen-bond acceptors (Lipinski definition) is 6. The summed E-state index contributed by atoms with van der Waals surface area (Å²) in [5.74, 6) is 0. The van der Waals surface area contributed by atoms with Crippen molar-refractivity contribution in [3.05, 3.63) is 156 Å². The molecule has 6 nitrogen and oxygen atoms in total. The van der Waals surface area contributed by atoms with Crippen molar-refractivity contribution in [3.8, 4) is 11.1 Å². The van der Waals surface area contributed by atoms with Crippen molar-refractivity contribution < 1.29 is 18.6 Å². The molecule has 0 N–H and O–H groups in total. The summed E-state index contributed by atoms with van der Waals surface area (Å²) in [6.45, 7) is 25.7. The average Bonchev–Trinajstić information content (AvgIpc) is 3.69. The van der Waals surface area contributed by atoms with E-state index in [4.69, 9.17) is 18.6 Å². The third kappa shape index (κ3) is 7.12. The van der Waals surface area contributed by atoms with E-state index >= 15 is 0 Å². The van der Waals surface area contributed by atoms with Crippen LogP contribution < -0.4 is 20.7 Å². The maximum Gasteiger partial charge on any atom is 0.494 e. The Morgan fingerprint density at radius 3 is 0.902 bits per heavy atom. The highest BCUT2D eigenvalue weighted by Gasteiger charge is 2.53. The van der Waals surface area contributed by atoms with Gasteiger partial charge in [0.2, 0.25) is 0 Å². The number of benzene rings is 6. The Hall–Kier alpha value is -5.11. The lowest BCUT2D eigenvalue weighted by molar-refractivity contribution is 0.00578. The van der Waals surface area contributed by atoms with Gasteiger partial charge in [0.05, 0.1) is 22.4 Å². The molecule has 0 unspecified atom stereocenters. The Labute approximate surface area is 364 Å². The molecule has 2 heterocycles. The van der Waals surface area contributed by atoms with Crippen molar-refractivity contribution >= 4 is 59.3 Å². The van der Waals surface area contributed by atoms with Crippen molar-refractivity contribution in [1.82, 2.24) is 0 Å². The lowest BCUT2D eigenvalue weighted by Crippen LogP contribution is -2.41. The first-order valence-electron chi connectivity index (χ1n) is 21.7. The van der Waals surface area contributed by atoms with Crippen molar-refractivity contribution in [2.24, 2.45) is 0 Å². The predicted molar refractivity (Wildman–Crippen MR) is 254 cm³/mol. The molecule has 8 heteroatoms. The second kappa shape index (κ2) is 14.5. The molecule has 0 bridgehead atoms. The minimum absolute atomic E-state index is 0.268. The van der Waals surface area contributed by atoms with Gasteiger partial charge < -0.3 is 28.4 Å². The average molecular weight is 809 g/mol. The molecule has 6 aromatic rings. The van der Waals surface area contributed by atoms with E-state index < -0.39 is 36.6 Å². The molecule has 6 aromatic carbocycles. The highest BCUT2D eigenvalue weighted by molar-refractivity contribution is 6.62. The molecule has 2 aliphatic heterocycles. The predicted octanol–water partition coefficient (Wildman–Crippen LogP) is 12.1. The number of rotatable bonds is 8. The van der Waals surface area contributed by atoms with Crippen LogP contribution in [0.1, 0.15) is 91.5 Å². The number of aryl methyl sites for hydroxylation is 2. The van der Waals surface area contributed by atoms with Crippen molar-refractivity contribution in [2.45, 2.75) is 111 Å². The zero-order chi connectivity index (χ0) is 43.3. The zero-order valence-electron chi connectivity index (χ0n) is 37.9. The van der Waals surface area contributed by atoms with E-state index in [2.05, 4.69) is 226 Å². The summed E-state index contributed by atoms with van der Waals surface area (Å²) in [6.07, 6.45) is 0. The molecule has 2 fully saturated rings. The standard InChI is InChI=1S/C53H58B2N2O4/c1-35-13-21-39(22-14-35)56(41-25-17-37(18-26-41)54-58-50(5,6)51(7,8)59-54)43-29-31-45-46-32-30-44(34-48(46)49(3,4)47(45)33-43)57(40-23-15-36(2)16-24-40)42-27-19-38(20-28-42)55-60-52(9,10)53(11,12)61-55/h13-34H,1-12H3. The van der Waals surface area contributed by atoms with Gasteiger partial charge in [-0.1, -0.05) is 85.6 Å². The highest BCUT2D eigenvalue weighted by Crippen LogP contribution is 2.52. The van der Waals surface area contributed by atoms with Crippen molar-refractivity contribution in [1.29, 1.82) is 0 Å². The Kier molecular flexibility index (Phi) is 9.80. The molecule has 1 aliphatic carbocycles. The number of fused-ring (bicyclic) bond motifs is 3. The number of hydrogen-bond donors (Lipinski definition) is 0. The second-order valence-electron chi connectivity index (χ2n) is 19.8. The fourth-order valence-electron chi connectivity index (χ4n) is 8.79. The minimum atomic E-state index is -0.418. The molecule has 0 atom stereocenters.